The summed E-state index contributed by atoms with van der Waals surface area (Å²) in [5.74, 6) is -0.859. The smallest absolute Gasteiger partial charge is 0.246 e. The monoisotopic (exact) mass is 370 g/mol. The van der Waals surface area contributed by atoms with Gasteiger partial charge >= 0.3 is 12.4 Å². The van der Waals surface area contributed by atoms with Crippen LogP contribution in [0.25, 0.3) is 0 Å². The molecule has 0 bridgehead atoms. The van der Waals surface area contributed by atoms with E-state index < -0.39 is 36.0 Å². The molecule has 25 heavy (non-hydrogen) atoms. The lowest BCUT2D eigenvalue weighted by molar-refractivity contribution is -0.138. The van der Waals surface area contributed by atoms with Crippen molar-refractivity contribution in [2.75, 3.05) is 0 Å². The lowest BCUT2D eigenvalue weighted by Gasteiger charge is -2.08. The van der Waals surface area contributed by atoms with Crippen molar-refractivity contribution in [3.05, 3.63) is 70.0 Å². The van der Waals surface area contributed by atoms with Crippen molar-refractivity contribution in [1.82, 2.24) is 0 Å². The molecular weight excluding hydrogens is 356 g/mol. The quantitative estimate of drug-likeness (QED) is 0.494. The maximum Gasteiger partial charge on any atom is 0.416 e. The molecule has 0 saturated heterocycles. The number of halogens is 8. The first-order valence-corrected chi connectivity index (χ1v) is 6.91. The Hall–Kier alpha value is -2.12. The summed E-state index contributed by atoms with van der Waals surface area (Å²) in [5.41, 5.74) is -0.989. The molecule has 0 aliphatic carbocycles. The molecule has 0 aliphatic rings. The topological polar surface area (TPSA) is 0 Å². The van der Waals surface area contributed by atoms with Crippen LogP contribution in [-0.2, 0) is 19.0 Å². The van der Waals surface area contributed by atoms with Crippen molar-refractivity contribution >= 4 is 0 Å². The molecule has 2 aromatic rings. The number of aryl methyl sites for hydroxylation is 2. The Morgan fingerprint density at radius 3 is 1.52 bits per heavy atom. The van der Waals surface area contributed by atoms with E-state index in [-0.39, 0.29) is 11.1 Å². The van der Waals surface area contributed by atoms with E-state index in [9.17, 15) is 35.1 Å². The fraction of sp³-hybridized carbons (Fsp3) is 0.294. The van der Waals surface area contributed by atoms with Gasteiger partial charge in [-0.05, 0) is 55.3 Å². The van der Waals surface area contributed by atoms with E-state index in [0.29, 0.717) is 11.6 Å². The Kier molecular flexibility index (Phi) is 6.56. The van der Waals surface area contributed by atoms with Crippen molar-refractivity contribution < 1.29 is 35.1 Å². The Morgan fingerprint density at radius 1 is 0.680 bits per heavy atom. The summed E-state index contributed by atoms with van der Waals surface area (Å²) in [7, 11) is 0. The van der Waals surface area contributed by atoms with Gasteiger partial charge in [-0.2, -0.15) is 26.3 Å². The minimum atomic E-state index is -4.47. The highest BCUT2D eigenvalue weighted by atomic mass is 19.4. The third-order valence-corrected chi connectivity index (χ3v) is 2.99. The molecule has 0 N–H and O–H groups in total. The maximum absolute atomic E-state index is 12.5. The molecule has 0 saturated carbocycles. The van der Waals surface area contributed by atoms with Crippen LogP contribution in [0.3, 0.4) is 0 Å². The van der Waals surface area contributed by atoms with Crippen LogP contribution in [0.5, 0.6) is 0 Å². The Balaban J connectivity index is 0.000000251. The van der Waals surface area contributed by atoms with Gasteiger partial charge in [-0.15, -0.1) is 0 Å². The molecule has 0 spiro atoms. The Bertz CT molecular complexity index is 693. The van der Waals surface area contributed by atoms with Gasteiger partial charge < -0.3 is 0 Å². The fourth-order valence-corrected chi connectivity index (χ4v) is 2.00. The van der Waals surface area contributed by atoms with E-state index in [1.54, 1.807) is 0 Å². The first-order valence-electron chi connectivity index (χ1n) is 6.91. The molecule has 0 unspecified atom stereocenters. The average Bonchev–Trinajstić information content (AvgIpc) is 2.44. The lowest BCUT2D eigenvalue weighted by Crippen LogP contribution is -2.05. The van der Waals surface area contributed by atoms with E-state index in [4.69, 9.17) is 0 Å². The second-order valence-electron chi connectivity index (χ2n) is 5.35. The van der Waals surface area contributed by atoms with Gasteiger partial charge in [0.05, 0.1) is 11.1 Å². The third kappa shape index (κ3) is 6.72. The second-order valence-corrected chi connectivity index (χ2v) is 5.35. The second kappa shape index (κ2) is 7.84. The van der Waals surface area contributed by atoms with Crippen LogP contribution in [0.1, 0.15) is 27.8 Å². The van der Waals surface area contributed by atoms with Gasteiger partial charge in [-0.25, -0.2) is 8.78 Å². The zero-order valence-electron chi connectivity index (χ0n) is 13.2. The Labute approximate surface area is 139 Å². The summed E-state index contributed by atoms with van der Waals surface area (Å²) in [4.78, 5) is 0. The van der Waals surface area contributed by atoms with Crippen LogP contribution in [0.15, 0.2) is 36.4 Å². The highest BCUT2D eigenvalue weighted by Gasteiger charge is 2.31. The minimum absolute atomic E-state index is 0.0623. The molecule has 0 nitrogen and oxygen atoms in total. The minimum Gasteiger partial charge on any atom is -0.246 e. The first-order chi connectivity index (χ1) is 11.3. The molecule has 0 atom stereocenters. The molecule has 138 valence electrons. The molecule has 2 aromatic carbocycles. The lowest BCUT2D eigenvalue weighted by atomic mass is 10.1. The summed E-state index contributed by atoms with van der Waals surface area (Å²) in [6.07, 6.45) is -8.86. The molecule has 0 heterocycles. The maximum atomic E-state index is 12.5. The van der Waals surface area contributed by atoms with Crippen molar-refractivity contribution in [1.29, 1.82) is 0 Å². The third-order valence-electron chi connectivity index (χ3n) is 2.99. The molecule has 0 radical (unpaired) electrons. The molecule has 0 aromatic heterocycles. The van der Waals surface area contributed by atoms with Gasteiger partial charge in [0.2, 0.25) is 0 Å². The molecule has 2 rings (SSSR count). The number of hydrogen-bond donors (Lipinski definition) is 0. The Morgan fingerprint density at radius 2 is 1.12 bits per heavy atom. The number of alkyl halides is 7. The van der Waals surface area contributed by atoms with Gasteiger partial charge in [0.15, 0.2) is 0 Å². The zero-order chi connectivity index (χ0) is 19.4. The van der Waals surface area contributed by atoms with Gasteiger partial charge in [-0.1, -0.05) is 11.6 Å². The van der Waals surface area contributed by atoms with Gasteiger partial charge in [0, 0.05) is 0 Å². The van der Waals surface area contributed by atoms with Crippen LogP contribution in [0, 0.1) is 19.7 Å². The molecule has 0 aliphatic heterocycles. The SMILES string of the molecule is Cc1cc(CF)cc(C(F)(F)F)c1.Cc1cc(F)cc(C(F)(F)F)c1. The standard InChI is InChI=1S/C9H8F4.C8H6F4/c1-6-2-7(5-10)4-8(3-6)9(11,12)13;1-5-2-6(8(10,11)12)4-7(9)3-5/h2-4H,5H2,1H3;2-4H,1H3. The summed E-state index contributed by atoms with van der Waals surface area (Å²) < 4.78 is 97.0. The molecule has 0 fully saturated rings. The van der Waals surface area contributed by atoms with E-state index in [2.05, 4.69) is 0 Å². The fourth-order valence-electron chi connectivity index (χ4n) is 2.00. The number of rotatable bonds is 1. The average molecular weight is 370 g/mol. The van der Waals surface area contributed by atoms with Gasteiger partial charge in [-0.3, -0.25) is 0 Å². The highest BCUT2D eigenvalue weighted by molar-refractivity contribution is 5.30. The predicted octanol–water partition coefficient (Wildman–Crippen LogP) is 6.64. The van der Waals surface area contributed by atoms with Crippen molar-refractivity contribution in [3.63, 3.8) is 0 Å². The summed E-state index contributed by atoms with van der Waals surface area (Å²) in [6, 6.07) is 5.66. The summed E-state index contributed by atoms with van der Waals surface area (Å²) in [5, 5.41) is 0. The van der Waals surface area contributed by atoms with E-state index in [1.165, 1.54) is 19.9 Å². The largest absolute Gasteiger partial charge is 0.416 e. The normalized spacial score (nSPS) is 11.8. The summed E-state index contributed by atoms with van der Waals surface area (Å²) >= 11 is 0. The van der Waals surface area contributed by atoms with Crippen LogP contribution in [-0.4, -0.2) is 0 Å². The van der Waals surface area contributed by atoms with E-state index >= 15 is 0 Å². The predicted molar refractivity (Wildman–Crippen MR) is 77.1 cm³/mol. The zero-order valence-corrected chi connectivity index (χ0v) is 13.2. The van der Waals surface area contributed by atoms with Crippen molar-refractivity contribution in [2.24, 2.45) is 0 Å². The van der Waals surface area contributed by atoms with Crippen LogP contribution >= 0.6 is 0 Å². The van der Waals surface area contributed by atoms with Crippen LogP contribution < -0.4 is 0 Å². The van der Waals surface area contributed by atoms with E-state index in [0.717, 1.165) is 24.3 Å². The number of benzene rings is 2. The summed E-state index contributed by atoms with van der Waals surface area (Å²) in [6.45, 7) is 2.05. The molecule has 0 amide bonds. The van der Waals surface area contributed by atoms with Crippen molar-refractivity contribution in [3.8, 4) is 0 Å². The molecule has 8 heteroatoms. The van der Waals surface area contributed by atoms with E-state index in [1.807, 2.05) is 0 Å². The van der Waals surface area contributed by atoms with Crippen LogP contribution in [0.4, 0.5) is 35.1 Å². The first kappa shape index (κ1) is 20.9. The highest BCUT2D eigenvalue weighted by Crippen LogP contribution is 2.31. The molecular formula is C17H14F8. The van der Waals surface area contributed by atoms with Crippen LogP contribution in [0.2, 0.25) is 0 Å². The number of hydrogen-bond acceptors (Lipinski definition) is 0. The van der Waals surface area contributed by atoms with Crippen molar-refractivity contribution in [2.45, 2.75) is 32.9 Å². The van der Waals surface area contributed by atoms with Gasteiger partial charge in [0.1, 0.15) is 12.5 Å². The van der Waals surface area contributed by atoms with Gasteiger partial charge in [0.25, 0.3) is 0 Å².